The lowest BCUT2D eigenvalue weighted by Crippen LogP contribution is -2.27. The lowest BCUT2D eigenvalue weighted by atomic mass is 10.00. The van der Waals surface area contributed by atoms with Crippen LogP contribution in [-0.2, 0) is 23.8 Å². The summed E-state index contributed by atoms with van der Waals surface area (Å²) in [4.78, 5) is 23.1. The van der Waals surface area contributed by atoms with Gasteiger partial charge >= 0.3 is 5.97 Å². The minimum Gasteiger partial charge on any atom is -0.466 e. The molecular weight excluding hydrogens is 224 g/mol. The number of ether oxygens (including phenoxy) is 3. The van der Waals surface area contributed by atoms with Crippen molar-refractivity contribution in [3.63, 3.8) is 0 Å². The summed E-state index contributed by atoms with van der Waals surface area (Å²) in [6.45, 7) is 3.23. The van der Waals surface area contributed by atoms with Gasteiger partial charge in [0.2, 0.25) is 0 Å². The summed E-state index contributed by atoms with van der Waals surface area (Å²) in [5.41, 5.74) is 0. The number of esters is 1. The van der Waals surface area contributed by atoms with Crippen LogP contribution in [0.2, 0.25) is 0 Å². The molecule has 0 aromatic heterocycles. The van der Waals surface area contributed by atoms with Gasteiger partial charge in [0.05, 0.1) is 19.8 Å². The van der Waals surface area contributed by atoms with Crippen molar-refractivity contribution < 1.29 is 23.8 Å². The Morgan fingerprint density at radius 3 is 2.71 bits per heavy atom. The highest BCUT2D eigenvalue weighted by Crippen LogP contribution is 2.41. The van der Waals surface area contributed by atoms with E-state index in [2.05, 4.69) is 0 Å². The van der Waals surface area contributed by atoms with Crippen LogP contribution in [0.4, 0.5) is 0 Å². The van der Waals surface area contributed by atoms with E-state index < -0.39 is 11.8 Å². The highest BCUT2D eigenvalue weighted by atomic mass is 16.7. The minimum atomic E-state index is -0.547. The van der Waals surface area contributed by atoms with Crippen LogP contribution in [0.3, 0.4) is 0 Å². The second kappa shape index (κ2) is 5.14. The van der Waals surface area contributed by atoms with Crippen LogP contribution in [-0.4, -0.2) is 37.4 Å². The maximum absolute atomic E-state index is 11.9. The molecule has 1 aliphatic carbocycles. The van der Waals surface area contributed by atoms with E-state index in [9.17, 15) is 9.59 Å². The topological polar surface area (TPSA) is 61.8 Å². The third-order valence-electron chi connectivity index (χ3n) is 3.32. The number of carbonyl (C=O) groups is 2. The lowest BCUT2D eigenvalue weighted by molar-refractivity contribution is -0.156. The van der Waals surface area contributed by atoms with Crippen molar-refractivity contribution in [3.05, 3.63) is 0 Å². The van der Waals surface area contributed by atoms with Gasteiger partial charge in [-0.15, -0.1) is 0 Å². The van der Waals surface area contributed by atoms with Crippen LogP contribution in [0.5, 0.6) is 0 Å². The van der Waals surface area contributed by atoms with Crippen LogP contribution in [0.15, 0.2) is 0 Å². The predicted molar refractivity (Wildman–Crippen MR) is 58.2 cm³/mol. The van der Waals surface area contributed by atoms with Gasteiger partial charge in [0, 0.05) is 18.8 Å². The fourth-order valence-electron chi connectivity index (χ4n) is 2.51. The molecule has 1 aliphatic heterocycles. The third kappa shape index (κ3) is 2.84. The maximum Gasteiger partial charge on any atom is 0.313 e. The average Bonchev–Trinajstić information content (AvgIpc) is 2.90. The molecule has 0 unspecified atom stereocenters. The Balaban J connectivity index is 1.83. The Bertz CT molecular complexity index is 306. The van der Waals surface area contributed by atoms with Gasteiger partial charge in [0.1, 0.15) is 12.2 Å². The van der Waals surface area contributed by atoms with Gasteiger partial charge in [-0.05, 0) is 13.3 Å². The fourth-order valence-corrected chi connectivity index (χ4v) is 2.51. The zero-order chi connectivity index (χ0) is 12.3. The molecule has 1 saturated carbocycles. The zero-order valence-electron chi connectivity index (χ0n) is 10.1. The molecule has 1 saturated heterocycles. The molecule has 0 aromatic carbocycles. The molecule has 96 valence electrons. The van der Waals surface area contributed by atoms with E-state index in [1.807, 2.05) is 0 Å². The molecule has 0 bridgehead atoms. The SMILES string of the molecule is CCOC(=O)CC(=O)[C@@H]1CCC2(C1)OCCO2. The fraction of sp³-hybridized carbons (Fsp3) is 0.833. The Labute approximate surface area is 100 Å². The number of hydrogen-bond donors (Lipinski definition) is 0. The first kappa shape index (κ1) is 12.5. The van der Waals surface area contributed by atoms with Gasteiger partial charge in [0.25, 0.3) is 0 Å². The van der Waals surface area contributed by atoms with Gasteiger partial charge in [-0.3, -0.25) is 9.59 Å². The van der Waals surface area contributed by atoms with Crippen molar-refractivity contribution in [2.24, 2.45) is 5.92 Å². The maximum atomic E-state index is 11.9. The summed E-state index contributed by atoms with van der Waals surface area (Å²) >= 11 is 0. The van der Waals surface area contributed by atoms with Crippen LogP contribution >= 0.6 is 0 Å². The van der Waals surface area contributed by atoms with Crippen molar-refractivity contribution in [2.75, 3.05) is 19.8 Å². The van der Waals surface area contributed by atoms with E-state index in [0.29, 0.717) is 26.2 Å². The van der Waals surface area contributed by atoms with Crippen LogP contribution < -0.4 is 0 Å². The standard InChI is InChI=1S/C12H18O5/c1-2-15-11(14)7-10(13)9-3-4-12(8-9)16-5-6-17-12/h9H,2-8H2,1H3/t9-/m1/s1. The van der Waals surface area contributed by atoms with E-state index in [0.717, 1.165) is 12.8 Å². The summed E-state index contributed by atoms with van der Waals surface area (Å²) in [5, 5.41) is 0. The average molecular weight is 242 g/mol. The third-order valence-corrected chi connectivity index (χ3v) is 3.32. The molecule has 0 amide bonds. The molecule has 1 atom stereocenters. The van der Waals surface area contributed by atoms with E-state index in [1.165, 1.54) is 0 Å². The highest BCUT2D eigenvalue weighted by molar-refractivity contribution is 5.96. The summed E-state index contributed by atoms with van der Waals surface area (Å²) in [7, 11) is 0. The van der Waals surface area contributed by atoms with Crippen molar-refractivity contribution in [3.8, 4) is 0 Å². The van der Waals surface area contributed by atoms with Crippen molar-refractivity contribution in [1.29, 1.82) is 0 Å². The number of ketones is 1. The first-order valence-electron chi connectivity index (χ1n) is 6.11. The summed E-state index contributed by atoms with van der Waals surface area (Å²) < 4.78 is 15.9. The number of hydrogen-bond acceptors (Lipinski definition) is 5. The Morgan fingerprint density at radius 2 is 2.06 bits per heavy atom. The summed E-state index contributed by atoms with van der Waals surface area (Å²) in [6.07, 6.45) is 1.92. The largest absolute Gasteiger partial charge is 0.466 e. The van der Waals surface area contributed by atoms with Crippen molar-refractivity contribution >= 4 is 11.8 Å². The van der Waals surface area contributed by atoms with Crippen molar-refractivity contribution in [2.45, 2.75) is 38.4 Å². The quantitative estimate of drug-likeness (QED) is 0.544. The molecule has 0 radical (unpaired) electrons. The molecule has 5 nitrogen and oxygen atoms in total. The Hall–Kier alpha value is -0.940. The molecule has 0 N–H and O–H groups in total. The van der Waals surface area contributed by atoms with Gasteiger partial charge in [-0.1, -0.05) is 0 Å². The molecule has 1 heterocycles. The number of carbonyl (C=O) groups excluding carboxylic acids is 2. The molecule has 5 heteroatoms. The van der Waals surface area contributed by atoms with Crippen LogP contribution in [0.1, 0.15) is 32.6 Å². The Kier molecular flexibility index (Phi) is 3.79. The number of rotatable bonds is 4. The normalized spacial score (nSPS) is 26.3. The molecular formula is C12H18O5. The molecule has 2 rings (SSSR count). The summed E-state index contributed by atoms with van der Waals surface area (Å²) in [5.74, 6) is -1.17. The first-order valence-corrected chi connectivity index (χ1v) is 6.11. The van der Waals surface area contributed by atoms with E-state index in [1.54, 1.807) is 6.92 Å². The molecule has 17 heavy (non-hydrogen) atoms. The Morgan fingerprint density at radius 1 is 1.35 bits per heavy atom. The van der Waals surface area contributed by atoms with E-state index in [4.69, 9.17) is 14.2 Å². The first-order chi connectivity index (χ1) is 8.15. The summed E-state index contributed by atoms with van der Waals surface area (Å²) in [6, 6.07) is 0. The second-order valence-electron chi connectivity index (χ2n) is 4.50. The van der Waals surface area contributed by atoms with Crippen molar-refractivity contribution in [1.82, 2.24) is 0 Å². The lowest BCUT2D eigenvalue weighted by Gasteiger charge is -2.21. The molecule has 0 aromatic rings. The molecule has 2 aliphatic rings. The number of Topliss-reactive ketones (excluding diaryl/α,β-unsaturated/α-hetero) is 1. The smallest absolute Gasteiger partial charge is 0.313 e. The highest BCUT2D eigenvalue weighted by Gasteiger charge is 2.46. The van der Waals surface area contributed by atoms with Gasteiger partial charge in [-0.2, -0.15) is 0 Å². The van der Waals surface area contributed by atoms with Gasteiger partial charge in [0.15, 0.2) is 5.79 Å². The zero-order valence-corrected chi connectivity index (χ0v) is 10.1. The van der Waals surface area contributed by atoms with E-state index in [-0.39, 0.29) is 18.1 Å². The van der Waals surface area contributed by atoms with Gasteiger partial charge < -0.3 is 14.2 Å². The van der Waals surface area contributed by atoms with E-state index >= 15 is 0 Å². The monoisotopic (exact) mass is 242 g/mol. The molecule has 2 fully saturated rings. The minimum absolute atomic E-state index is 0.0561. The van der Waals surface area contributed by atoms with Gasteiger partial charge in [-0.25, -0.2) is 0 Å². The molecule has 1 spiro atoms. The second-order valence-corrected chi connectivity index (χ2v) is 4.50. The van der Waals surface area contributed by atoms with Crippen LogP contribution in [0, 0.1) is 5.92 Å². The van der Waals surface area contributed by atoms with Crippen LogP contribution in [0.25, 0.3) is 0 Å². The predicted octanol–water partition coefficient (Wildman–Crippen LogP) is 1.05.